The van der Waals surface area contributed by atoms with Crippen molar-refractivity contribution in [1.29, 1.82) is 0 Å². The third-order valence-corrected chi connectivity index (χ3v) is 5.18. The van der Waals surface area contributed by atoms with Crippen molar-refractivity contribution < 1.29 is 10.2 Å². The monoisotopic (exact) mass is 408 g/mol. The van der Waals surface area contributed by atoms with Crippen molar-refractivity contribution in [1.82, 2.24) is 18.3 Å². The predicted molar refractivity (Wildman–Crippen MR) is 108 cm³/mol. The Balaban J connectivity index is 2.74. The molecule has 27 heavy (non-hydrogen) atoms. The molecule has 0 radical (unpaired) electrons. The van der Waals surface area contributed by atoms with Gasteiger partial charge in [-0.15, -0.1) is 5.73 Å². The van der Waals surface area contributed by atoms with Gasteiger partial charge in [0.15, 0.2) is 9.54 Å². The van der Waals surface area contributed by atoms with Gasteiger partial charge in [-0.3, -0.25) is 27.9 Å². The second kappa shape index (κ2) is 7.91. The van der Waals surface area contributed by atoms with Gasteiger partial charge in [-0.1, -0.05) is 0 Å². The van der Waals surface area contributed by atoms with Crippen LogP contribution < -0.4 is 11.1 Å². The Morgan fingerprint density at radius 2 is 1.19 bits per heavy atom. The van der Waals surface area contributed by atoms with Crippen LogP contribution in [0.4, 0.5) is 0 Å². The van der Waals surface area contributed by atoms with Crippen molar-refractivity contribution in [2.24, 2.45) is 14.1 Å². The first kappa shape index (κ1) is 20.6. The molecule has 2 N–H and O–H groups in total. The average Bonchev–Trinajstić information content (AvgIpc) is 2.64. The molecule has 10 heteroatoms. The number of aromatic nitrogens is 4. The van der Waals surface area contributed by atoms with Crippen LogP contribution in [0.2, 0.25) is 0 Å². The fourth-order valence-corrected chi connectivity index (χ4v) is 3.18. The van der Waals surface area contributed by atoms with Gasteiger partial charge in [0.05, 0.1) is 0 Å². The molecule has 0 aliphatic carbocycles. The Morgan fingerprint density at radius 1 is 0.852 bits per heavy atom. The minimum atomic E-state index is -0.472. The zero-order valence-corrected chi connectivity index (χ0v) is 17.0. The Hall–Kier alpha value is -2.68. The van der Waals surface area contributed by atoms with Crippen LogP contribution in [0, 0.1) is 9.54 Å². The molecule has 0 unspecified atom stereocenters. The van der Waals surface area contributed by atoms with E-state index < -0.39 is 11.1 Å². The van der Waals surface area contributed by atoms with Crippen LogP contribution in [0.5, 0.6) is 11.8 Å². The molecule has 0 aliphatic heterocycles. The summed E-state index contributed by atoms with van der Waals surface area (Å²) in [5.41, 5.74) is 1.69. The highest BCUT2D eigenvalue weighted by Gasteiger charge is 2.13. The van der Waals surface area contributed by atoms with E-state index in [0.29, 0.717) is 13.1 Å². The van der Waals surface area contributed by atoms with Gasteiger partial charge < -0.3 is 10.2 Å². The molecule has 0 saturated heterocycles. The molecular weight excluding hydrogens is 388 g/mol. The van der Waals surface area contributed by atoms with Crippen molar-refractivity contribution in [3.8, 4) is 11.8 Å². The first-order valence-corrected chi connectivity index (χ1v) is 8.96. The molecule has 0 amide bonds. The standard InChI is InChI=1S/C17H20N4O4S2/c1-5-20-14(24)10(12(22)18(3)16(20)26)8-7-9-11-13(23)19(4)17(27)21(6-2)15(11)25/h8-9,22-23H,5-6H2,1-4H3. The molecule has 0 saturated carbocycles. The SMILES string of the molecule is CCn1c(=O)c(C=C=Cc2c(O)n(C)c(=S)n(CC)c2=O)c(O)n(C)c1=S. The molecule has 144 valence electrons. The summed E-state index contributed by atoms with van der Waals surface area (Å²) in [6.07, 6.45) is 2.49. The molecule has 2 rings (SSSR count). The highest BCUT2D eigenvalue weighted by molar-refractivity contribution is 7.71. The van der Waals surface area contributed by atoms with Gasteiger partial charge >= 0.3 is 0 Å². The minimum absolute atomic E-state index is 0.0243. The van der Waals surface area contributed by atoms with E-state index in [1.807, 2.05) is 0 Å². The van der Waals surface area contributed by atoms with E-state index in [2.05, 4.69) is 5.73 Å². The van der Waals surface area contributed by atoms with Crippen molar-refractivity contribution in [2.75, 3.05) is 0 Å². The van der Waals surface area contributed by atoms with Crippen molar-refractivity contribution in [2.45, 2.75) is 26.9 Å². The van der Waals surface area contributed by atoms with E-state index in [0.717, 1.165) is 0 Å². The molecule has 0 spiro atoms. The Morgan fingerprint density at radius 3 is 1.48 bits per heavy atom. The smallest absolute Gasteiger partial charge is 0.266 e. The molecule has 8 nitrogen and oxygen atoms in total. The molecule has 0 aliphatic rings. The molecule has 2 aromatic rings. The Bertz CT molecular complexity index is 1120. The first-order chi connectivity index (χ1) is 12.7. The van der Waals surface area contributed by atoms with Crippen LogP contribution in [0.3, 0.4) is 0 Å². The molecule has 0 atom stereocenters. The summed E-state index contributed by atoms with van der Waals surface area (Å²) in [6.45, 7) is 4.21. The number of hydrogen-bond acceptors (Lipinski definition) is 6. The molecule has 0 aromatic carbocycles. The quantitative estimate of drug-likeness (QED) is 0.593. The first-order valence-electron chi connectivity index (χ1n) is 8.15. The molecule has 2 aromatic heterocycles. The molecule has 2 heterocycles. The number of rotatable bonds is 4. The lowest BCUT2D eigenvalue weighted by atomic mass is 10.2. The second-order valence-corrected chi connectivity index (χ2v) is 6.44. The normalized spacial score (nSPS) is 10.5. The van der Waals surface area contributed by atoms with Gasteiger partial charge in [0.1, 0.15) is 11.1 Å². The van der Waals surface area contributed by atoms with E-state index in [9.17, 15) is 19.8 Å². The van der Waals surface area contributed by atoms with Gasteiger partial charge in [-0.25, -0.2) is 0 Å². The van der Waals surface area contributed by atoms with Gasteiger partial charge in [-0.2, -0.15) is 0 Å². The maximum absolute atomic E-state index is 12.5. The Kier molecular flexibility index (Phi) is 6.04. The summed E-state index contributed by atoms with van der Waals surface area (Å²) < 4.78 is 5.66. The lowest BCUT2D eigenvalue weighted by Gasteiger charge is -2.11. The van der Waals surface area contributed by atoms with Crippen LogP contribution in [0.1, 0.15) is 25.0 Å². The summed E-state index contributed by atoms with van der Waals surface area (Å²) in [5.74, 6) is -0.616. The second-order valence-electron chi connectivity index (χ2n) is 5.71. The topological polar surface area (TPSA) is 94.3 Å². The third-order valence-electron chi connectivity index (χ3n) is 4.19. The average molecular weight is 409 g/mol. The van der Waals surface area contributed by atoms with Crippen LogP contribution in [-0.4, -0.2) is 28.5 Å². The number of hydrogen-bond donors (Lipinski definition) is 2. The van der Waals surface area contributed by atoms with Crippen molar-refractivity contribution in [3.05, 3.63) is 47.1 Å². The van der Waals surface area contributed by atoms with E-state index in [-0.39, 0.29) is 32.4 Å². The molecule has 0 fully saturated rings. The highest BCUT2D eigenvalue weighted by atomic mass is 32.1. The van der Waals surface area contributed by atoms with Crippen LogP contribution in [0.15, 0.2) is 15.3 Å². The number of nitrogens with zero attached hydrogens (tertiary/aromatic N) is 4. The van der Waals surface area contributed by atoms with Crippen LogP contribution >= 0.6 is 24.4 Å². The minimum Gasteiger partial charge on any atom is -0.494 e. The third kappa shape index (κ3) is 3.46. The van der Waals surface area contributed by atoms with Gasteiger partial charge in [0.2, 0.25) is 11.8 Å². The lowest BCUT2D eigenvalue weighted by Crippen LogP contribution is -2.26. The van der Waals surface area contributed by atoms with Crippen LogP contribution in [-0.2, 0) is 27.2 Å². The van der Waals surface area contributed by atoms with Crippen molar-refractivity contribution in [3.63, 3.8) is 0 Å². The highest BCUT2D eigenvalue weighted by Crippen LogP contribution is 2.16. The summed E-state index contributed by atoms with van der Waals surface area (Å²) in [5, 5.41) is 20.4. The lowest BCUT2D eigenvalue weighted by molar-refractivity contribution is 0.411. The van der Waals surface area contributed by atoms with Gasteiger partial charge in [0, 0.05) is 27.2 Å². The summed E-state index contributed by atoms with van der Waals surface area (Å²) in [7, 11) is 3.08. The fourth-order valence-electron chi connectivity index (χ4n) is 2.58. The summed E-state index contributed by atoms with van der Waals surface area (Å²) in [4.78, 5) is 24.9. The molecular formula is C17H20N4O4S2. The van der Waals surface area contributed by atoms with Gasteiger partial charge in [-0.05, 0) is 50.4 Å². The largest absolute Gasteiger partial charge is 0.494 e. The molecule has 0 bridgehead atoms. The van der Waals surface area contributed by atoms with Crippen molar-refractivity contribution >= 4 is 36.6 Å². The van der Waals surface area contributed by atoms with E-state index in [1.54, 1.807) is 27.9 Å². The summed E-state index contributed by atoms with van der Waals surface area (Å²) >= 11 is 10.3. The maximum Gasteiger partial charge on any atom is 0.266 e. The number of aromatic hydroxyl groups is 2. The predicted octanol–water partition coefficient (Wildman–Crippen LogP) is 1.92. The maximum atomic E-state index is 12.5. The van der Waals surface area contributed by atoms with E-state index in [1.165, 1.54) is 30.4 Å². The van der Waals surface area contributed by atoms with E-state index >= 15 is 0 Å². The summed E-state index contributed by atoms with van der Waals surface area (Å²) in [6, 6.07) is 0. The van der Waals surface area contributed by atoms with E-state index in [4.69, 9.17) is 24.4 Å². The zero-order chi connectivity index (χ0) is 20.5. The fraction of sp³-hybridized carbons (Fsp3) is 0.353. The zero-order valence-electron chi connectivity index (χ0n) is 15.4. The van der Waals surface area contributed by atoms with Crippen LogP contribution in [0.25, 0.3) is 12.2 Å². The van der Waals surface area contributed by atoms with Gasteiger partial charge in [0.25, 0.3) is 11.1 Å². The Labute approximate surface area is 165 Å².